The van der Waals surface area contributed by atoms with Crippen molar-refractivity contribution in [2.75, 3.05) is 18.1 Å². The second-order valence-corrected chi connectivity index (χ2v) is 10.2. The lowest BCUT2D eigenvalue weighted by molar-refractivity contribution is -0.132. The number of ether oxygens (including phenoxy) is 3. The van der Waals surface area contributed by atoms with Crippen molar-refractivity contribution in [1.29, 1.82) is 0 Å². The van der Waals surface area contributed by atoms with Crippen molar-refractivity contribution >= 4 is 39.9 Å². The maximum atomic E-state index is 13.6. The normalized spacial score (nSPS) is 19.6. The fourth-order valence-electron chi connectivity index (χ4n) is 4.91. The number of carbonyl (C=O) groups is 3. The van der Waals surface area contributed by atoms with Crippen LogP contribution in [0.4, 0.5) is 5.13 Å². The Morgan fingerprint density at radius 3 is 2.69 bits per heavy atom. The number of benzene rings is 2. The number of thiazole rings is 1. The summed E-state index contributed by atoms with van der Waals surface area (Å²) in [5.41, 5.74) is 2.08. The van der Waals surface area contributed by atoms with Crippen molar-refractivity contribution in [2.45, 2.75) is 46.3 Å². The van der Waals surface area contributed by atoms with Crippen molar-refractivity contribution in [3.63, 3.8) is 0 Å². The van der Waals surface area contributed by atoms with E-state index < -0.39 is 23.7 Å². The average molecular weight is 549 g/mol. The number of hydrogen-bond acceptors (Lipinski definition) is 9. The molecule has 39 heavy (non-hydrogen) atoms. The Labute approximate surface area is 229 Å². The van der Waals surface area contributed by atoms with Crippen LogP contribution in [0.2, 0.25) is 0 Å². The highest BCUT2D eigenvalue weighted by molar-refractivity contribution is 7.17. The molecule has 0 saturated carbocycles. The molecule has 1 amide bonds. The predicted octanol–water partition coefficient (Wildman–Crippen LogP) is 4.98. The van der Waals surface area contributed by atoms with Gasteiger partial charge in [-0.05, 0) is 57.5 Å². The summed E-state index contributed by atoms with van der Waals surface area (Å²) in [7, 11) is 0. The van der Waals surface area contributed by atoms with Crippen LogP contribution in [0, 0.1) is 6.92 Å². The first-order valence-electron chi connectivity index (χ1n) is 12.7. The van der Waals surface area contributed by atoms with Gasteiger partial charge in [-0.25, -0.2) is 9.78 Å². The Kier molecular flexibility index (Phi) is 7.14. The van der Waals surface area contributed by atoms with Crippen LogP contribution in [0.15, 0.2) is 48.0 Å². The molecular weight excluding hydrogens is 520 g/mol. The third kappa shape index (κ3) is 4.65. The second kappa shape index (κ2) is 10.5. The number of rotatable bonds is 7. The number of ketones is 1. The summed E-state index contributed by atoms with van der Waals surface area (Å²) in [5, 5.41) is 11.7. The molecule has 2 aliphatic rings. The van der Waals surface area contributed by atoms with E-state index in [0.717, 1.165) is 22.6 Å². The molecule has 0 spiro atoms. The zero-order valence-corrected chi connectivity index (χ0v) is 22.8. The Morgan fingerprint density at radius 2 is 1.95 bits per heavy atom. The van der Waals surface area contributed by atoms with E-state index in [2.05, 4.69) is 4.98 Å². The highest BCUT2D eigenvalue weighted by Crippen LogP contribution is 2.46. The first-order chi connectivity index (χ1) is 18.7. The molecule has 1 saturated heterocycles. The molecule has 0 bridgehead atoms. The van der Waals surface area contributed by atoms with Gasteiger partial charge < -0.3 is 19.3 Å². The number of para-hydroxylation sites is 1. The number of aryl methyl sites for hydroxylation is 1. The minimum atomic E-state index is -1.04. The molecule has 3 heterocycles. The lowest BCUT2D eigenvalue weighted by atomic mass is 9.94. The molecule has 5 rings (SSSR count). The SMILES string of the molecule is CCOC(=O)c1sc(N2C(=O)C(=O)/C(=C(/O)c3ccc4c(c3)CC(C)O4)C2c2ccccc2OCC)nc1C. The third-order valence-corrected chi connectivity index (χ3v) is 7.72. The summed E-state index contributed by atoms with van der Waals surface area (Å²) in [6.45, 7) is 7.66. The van der Waals surface area contributed by atoms with Crippen molar-refractivity contribution in [3.05, 3.63) is 75.3 Å². The van der Waals surface area contributed by atoms with Crippen LogP contribution in [-0.4, -0.2) is 47.1 Å². The van der Waals surface area contributed by atoms with E-state index in [1.54, 1.807) is 56.3 Å². The number of anilines is 1. The summed E-state index contributed by atoms with van der Waals surface area (Å²) in [5.74, 6) is -1.42. The predicted molar refractivity (Wildman–Crippen MR) is 145 cm³/mol. The number of amides is 1. The molecular formula is C29H28N2O7S. The average Bonchev–Trinajstić information content (AvgIpc) is 3.56. The molecule has 202 valence electrons. The van der Waals surface area contributed by atoms with Gasteiger partial charge in [-0.2, -0.15) is 0 Å². The summed E-state index contributed by atoms with van der Waals surface area (Å²) >= 11 is 0.960. The van der Waals surface area contributed by atoms with E-state index in [1.165, 1.54) is 4.90 Å². The third-order valence-electron chi connectivity index (χ3n) is 6.58. The van der Waals surface area contributed by atoms with Gasteiger partial charge in [0.05, 0.1) is 24.5 Å². The number of fused-ring (bicyclic) bond motifs is 1. The van der Waals surface area contributed by atoms with Crippen molar-refractivity contribution in [2.24, 2.45) is 0 Å². The minimum absolute atomic E-state index is 0.00258. The molecule has 10 heteroatoms. The molecule has 1 fully saturated rings. The van der Waals surface area contributed by atoms with Crippen LogP contribution < -0.4 is 14.4 Å². The molecule has 2 unspecified atom stereocenters. The second-order valence-electron chi connectivity index (χ2n) is 9.23. The van der Waals surface area contributed by atoms with Gasteiger partial charge in [0.15, 0.2) is 5.13 Å². The largest absolute Gasteiger partial charge is 0.507 e. The number of hydrogen-bond donors (Lipinski definition) is 1. The number of aliphatic hydroxyl groups excluding tert-OH is 1. The molecule has 1 N–H and O–H groups in total. The smallest absolute Gasteiger partial charge is 0.350 e. The number of aromatic nitrogens is 1. The highest BCUT2D eigenvalue weighted by Gasteiger charge is 2.49. The Morgan fingerprint density at radius 1 is 1.18 bits per heavy atom. The summed E-state index contributed by atoms with van der Waals surface area (Å²) < 4.78 is 16.8. The lowest BCUT2D eigenvalue weighted by Gasteiger charge is -2.24. The minimum Gasteiger partial charge on any atom is -0.507 e. The van der Waals surface area contributed by atoms with Crippen molar-refractivity contribution < 1.29 is 33.7 Å². The quantitative estimate of drug-likeness (QED) is 0.190. The van der Waals surface area contributed by atoms with Crippen LogP contribution in [0.25, 0.3) is 5.76 Å². The fourth-order valence-corrected chi connectivity index (χ4v) is 5.90. The maximum absolute atomic E-state index is 13.6. The van der Waals surface area contributed by atoms with E-state index in [9.17, 15) is 19.5 Å². The number of carbonyl (C=O) groups excluding carboxylic acids is 3. The number of aliphatic hydroxyl groups is 1. The van der Waals surface area contributed by atoms with Gasteiger partial charge in [-0.1, -0.05) is 29.5 Å². The zero-order chi connectivity index (χ0) is 27.8. The Balaban J connectivity index is 1.70. The number of nitrogens with zero attached hydrogens (tertiary/aromatic N) is 2. The zero-order valence-electron chi connectivity index (χ0n) is 22.0. The van der Waals surface area contributed by atoms with Gasteiger partial charge >= 0.3 is 11.9 Å². The van der Waals surface area contributed by atoms with E-state index in [4.69, 9.17) is 14.2 Å². The fraction of sp³-hybridized carbons (Fsp3) is 0.310. The molecule has 3 aromatic rings. The van der Waals surface area contributed by atoms with E-state index >= 15 is 0 Å². The first kappa shape index (κ1) is 26.4. The van der Waals surface area contributed by atoms with Gasteiger partial charge in [0, 0.05) is 17.5 Å². The summed E-state index contributed by atoms with van der Waals surface area (Å²) in [6.07, 6.45) is 0.666. The van der Waals surface area contributed by atoms with Gasteiger partial charge in [0.1, 0.15) is 34.3 Å². The number of Topliss-reactive ketones (excluding diaryl/α,β-unsaturated/α-hetero) is 1. The van der Waals surface area contributed by atoms with Gasteiger partial charge in [-0.15, -0.1) is 0 Å². The van der Waals surface area contributed by atoms with Gasteiger partial charge in [0.2, 0.25) is 0 Å². The maximum Gasteiger partial charge on any atom is 0.350 e. The summed E-state index contributed by atoms with van der Waals surface area (Å²) in [6, 6.07) is 11.2. The van der Waals surface area contributed by atoms with Crippen LogP contribution in [-0.2, 0) is 20.7 Å². The van der Waals surface area contributed by atoms with Crippen molar-refractivity contribution in [1.82, 2.24) is 4.98 Å². The van der Waals surface area contributed by atoms with E-state index in [0.29, 0.717) is 35.6 Å². The molecule has 2 atom stereocenters. The molecule has 1 aromatic heterocycles. The molecule has 0 radical (unpaired) electrons. The number of esters is 1. The monoisotopic (exact) mass is 548 g/mol. The van der Waals surface area contributed by atoms with E-state index in [-0.39, 0.29) is 34.1 Å². The molecule has 9 nitrogen and oxygen atoms in total. The van der Waals surface area contributed by atoms with Crippen LogP contribution in [0.1, 0.15) is 58.9 Å². The van der Waals surface area contributed by atoms with Gasteiger partial charge in [0.25, 0.3) is 5.78 Å². The molecule has 2 aliphatic heterocycles. The lowest BCUT2D eigenvalue weighted by Crippen LogP contribution is -2.29. The first-order valence-corrected chi connectivity index (χ1v) is 13.5. The van der Waals surface area contributed by atoms with Crippen LogP contribution in [0.3, 0.4) is 0 Å². The Hall–Kier alpha value is -4.18. The molecule has 2 aromatic carbocycles. The Bertz CT molecular complexity index is 1510. The topological polar surface area (TPSA) is 115 Å². The van der Waals surface area contributed by atoms with Crippen molar-refractivity contribution in [3.8, 4) is 11.5 Å². The van der Waals surface area contributed by atoms with Crippen LogP contribution >= 0.6 is 11.3 Å². The van der Waals surface area contributed by atoms with Crippen LogP contribution in [0.5, 0.6) is 11.5 Å². The molecule has 0 aliphatic carbocycles. The highest BCUT2D eigenvalue weighted by atomic mass is 32.1. The standard InChI is InChI=1S/C29H28N2O7S/c1-5-36-21-10-8-7-9-19(21)23-22(24(32)17-11-12-20-18(14-17)13-15(3)38-20)25(33)27(34)31(23)29-30-16(4)26(39-29)28(35)37-6-2/h7-12,14-15,23,32H,5-6,13H2,1-4H3/b24-22+. The summed E-state index contributed by atoms with van der Waals surface area (Å²) in [4.78, 5) is 45.6. The van der Waals surface area contributed by atoms with Gasteiger partial charge in [-0.3, -0.25) is 14.5 Å². The van der Waals surface area contributed by atoms with E-state index in [1.807, 2.05) is 13.8 Å².